The van der Waals surface area contributed by atoms with Crippen LogP contribution in [-0.4, -0.2) is 15.9 Å². The quantitative estimate of drug-likeness (QED) is 0.166. The molecular formula is C57H46N2S. The molecule has 4 atom stereocenters. The van der Waals surface area contributed by atoms with Gasteiger partial charge in [0.1, 0.15) is 0 Å². The number of anilines is 1. The molecule has 0 spiro atoms. The van der Waals surface area contributed by atoms with E-state index in [4.69, 9.17) is 0 Å². The fraction of sp³-hybridized carbons (Fsp3) is 0.158. The van der Waals surface area contributed by atoms with Crippen LogP contribution in [0, 0.1) is 5.92 Å². The van der Waals surface area contributed by atoms with Crippen molar-refractivity contribution in [3.8, 4) is 27.9 Å². The van der Waals surface area contributed by atoms with Crippen LogP contribution in [0.1, 0.15) is 49.3 Å². The van der Waals surface area contributed by atoms with E-state index in [-0.39, 0.29) is 16.7 Å². The zero-order valence-electron chi connectivity index (χ0n) is 34.0. The lowest BCUT2D eigenvalue weighted by molar-refractivity contribution is 0.658. The van der Waals surface area contributed by atoms with Crippen molar-refractivity contribution in [2.75, 3.05) is 4.90 Å². The molecule has 0 bridgehead atoms. The molecule has 3 heteroatoms. The molecule has 1 aliphatic heterocycles. The highest BCUT2D eigenvalue weighted by Crippen LogP contribution is 2.60. The highest BCUT2D eigenvalue weighted by Gasteiger charge is 2.44. The van der Waals surface area contributed by atoms with Crippen molar-refractivity contribution in [1.82, 2.24) is 4.57 Å². The van der Waals surface area contributed by atoms with Crippen LogP contribution >= 0.6 is 11.8 Å². The zero-order chi connectivity index (χ0) is 40.0. The van der Waals surface area contributed by atoms with Gasteiger partial charge in [0.2, 0.25) is 0 Å². The summed E-state index contributed by atoms with van der Waals surface area (Å²) in [5.74, 6) is 0.768. The number of hydrogen-bond donors (Lipinski definition) is 0. The first-order valence-corrected chi connectivity index (χ1v) is 22.4. The number of rotatable bonds is 6. The number of allylic oxidation sites excluding steroid dienone is 9. The Morgan fingerprint density at radius 2 is 1.47 bits per heavy atom. The second kappa shape index (κ2) is 13.9. The zero-order valence-corrected chi connectivity index (χ0v) is 34.8. The van der Waals surface area contributed by atoms with E-state index in [0.717, 1.165) is 12.8 Å². The van der Waals surface area contributed by atoms with Crippen LogP contribution in [-0.2, 0) is 5.41 Å². The maximum Gasteiger partial charge on any atom is 0.0601 e. The van der Waals surface area contributed by atoms with Crippen molar-refractivity contribution in [2.45, 2.75) is 54.2 Å². The lowest BCUT2D eigenvalue weighted by atomic mass is 9.81. The topological polar surface area (TPSA) is 8.17 Å². The van der Waals surface area contributed by atoms with Crippen molar-refractivity contribution in [3.05, 3.63) is 222 Å². The molecule has 7 aromatic rings. The molecule has 4 unspecified atom stereocenters. The number of hydrogen-bond acceptors (Lipinski definition) is 2. The molecule has 0 amide bonds. The molecule has 12 rings (SSSR count). The van der Waals surface area contributed by atoms with Gasteiger partial charge in [0.25, 0.3) is 0 Å². The molecule has 0 saturated carbocycles. The van der Waals surface area contributed by atoms with Crippen LogP contribution < -0.4 is 4.90 Å². The lowest BCUT2D eigenvalue weighted by Gasteiger charge is -2.39. The van der Waals surface area contributed by atoms with E-state index in [1.165, 1.54) is 88.3 Å². The van der Waals surface area contributed by atoms with Crippen LogP contribution in [0.3, 0.4) is 0 Å². The summed E-state index contributed by atoms with van der Waals surface area (Å²) in [6, 6.07) is 50.1. The van der Waals surface area contributed by atoms with Gasteiger partial charge in [-0.1, -0.05) is 160 Å². The van der Waals surface area contributed by atoms with Gasteiger partial charge in [0.05, 0.1) is 22.3 Å². The van der Waals surface area contributed by atoms with Gasteiger partial charge in [-0.3, -0.25) is 0 Å². The van der Waals surface area contributed by atoms with Gasteiger partial charge in [0, 0.05) is 50.0 Å². The first kappa shape index (κ1) is 35.6. The van der Waals surface area contributed by atoms with Crippen LogP contribution in [0.4, 0.5) is 5.69 Å². The molecule has 0 fully saturated rings. The summed E-state index contributed by atoms with van der Waals surface area (Å²) < 4.78 is 2.39. The Labute approximate surface area is 357 Å². The third-order valence-corrected chi connectivity index (χ3v) is 15.3. The average Bonchev–Trinajstić information content (AvgIpc) is 3.93. The van der Waals surface area contributed by atoms with E-state index in [1.54, 1.807) is 0 Å². The Kier molecular flexibility index (Phi) is 8.25. The van der Waals surface area contributed by atoms with E-state index in [9.17, 15) is 0 Å². The summed E-state index contributed by atoms with van der Waals surface area (Å²) in [4.78, 5) is 4.13. The molecule has 60 heavy (non-hydrogen) atoms. The number of nitrogens with zero attached hydrogens (tertiary/aromatic N) is 2. The SMILES string of the molecule is CC1(C)c2ccccc2-c2c1ccc1c2SC2C(N(c3ccc(-c4ccc5c(c4)c4ccccc4n5-c4ccccc4)cc3)C3C=CC(C4C=CC=CC4)=CC3)=CC=CC12. The van der Waals surface area contributed by atoms with Gasteiger partial charge in [-0.25, -0.2) is 0 Å². The molecule has 0 N–H and O–H groups in total. The molecule has 2 heterocycles. The normalized spacial score (nSPS) is 21.7. The third kappa shape index (κ3) is 5.48. The molecule has 2 nitrogen and oxygen atoms in total. The highest BCUT2D eigenvalue weighted by atomic mass is 32.2. The van der Waals surface area contributed by atoms with Crippen molar-refractivity contribution >= 4 is 39.3 Å². The minimum atomic E-state index is -0.0126. The standard InChI is InChI=1S/C57H46N2S/c1-57(2)49-21-11-9-19-47(49)54-50(57)34-33-46-45-20-13-23-53(55(45)60-56(46)54)58(42-29-24-38(25-30-42)37-14-5-3-6-15-37)43-31-26-39(27-32-43)40-28-35-52-48(36-40)44-18-10-12-22-51(44)59(52)41-16-7-4-8-17-41/h3-14,16-29,31-37,42,45,55H,15,30H2,1-2H3. The summed E-state index contributed by atoms with van der Waals surface area (Å²) in [5, 5.41) is 2.83. The average molecular weight is 791 g/mol. The first-order valence-electron chi connectivity index (χ1n) is 21.5. The molecule has 4 aliphatic carbocycles. The fourth-order valence-corrected chi connectivity index (χ4v) is 12.5. The van der Waals surface area contributed by atoms with Crippen LogP contribution in [0.2, 0.25) is 0 Å². The third-order valence-electron chi connectivity index (χ3n) is 13.8. The smallest absolute Gasteiger partial charge is 0.0601 e. The molecule has 290 valence electrons. The van der Waals surface area contributed by atoms with Crippen LogP contribution in [0.5, 0.6) is 0 Å². The number of aromatic nitrogens is 1. The number of benzene rings is 6. The monoisotopic (exact) mass is 790 g/mol. The van der Waals surface area contributed by atoms with E-state index in [2.05, 4.69) is 229 Å². The van der Waals surface area contributed by atoms with Crippen molar-refractivity contribution in [3.63, 3.8) is 0 Å². The second-order valence-corrected chi connectivity index (χ2v) is 18.6. The van der Waals surface area contributed by atoms with E-state index in [0.29, 0.717) is 11.8 Å². The van der Waals surface area contributed by atoms with Gasteiger partial charge in [0.15, 0.2) is 0 Å². The minimum Gasteiger partial charge on any atom is -0.337 e. The Morgan fingerprint density at radius 1 is 0.667 bits per heavy atom. The second-order valence-electron chi connectivity index (χ2n) is 17.5. The highest BCUT2D eigenvalue weighted by molar-refractivity contribution is 8.00. The number of para-hydroxylation sites is 2. The summed E-state index contributed by atoms with van der Waals surface area (Å²) in [6.45, 7) is 4.79. The Bertz CT molecular complexity index is 3060. The molecule has 0 radical (unpaired) electrons. The molecule has 0 saturated heterocycles. The molecule has 6 aromatic carbocycles. The molecular weight excluding hydrogens is 745 g/mol. The van der Waals surface area contributed by atoms with Crippen LogP contribution in [0.15, 0.2) is 210 Å². The molecule has 1 aromatic heterocycles. The Morgan fingerprint density at radius 3 is 2.30 bits per heavy atom. The predicted octanol–water partition coefficient (Wildman–Crippen LogP) is 14.7. The summed E-state index contributed by atoms with van der Waals surface area (Å²) in [5.41, 5.74) is 17.4. The van der Waals surface area contributed by atoms with E-state index < -0.39 is 0 Å². The summed E-state index contributed by atoms with van der Waals surface area (Å²) in [6.07, 6.45) is 25.6. The first-order chi connectivity index (χ1) is 29.5. The predicted molar refractivity (Wildman–Crippen MR) is 254 cm³/mol. The maximum atomic E-state index is 2.67. The number of fused-ring (bicyclic) bond motifs is 10. The van der Waals surface area contributed by atoms with Crippen LogP contribution in [0.25, 0.3) is 49.7 Å². The fourth-order valence-electron chi connectivity index (χ4n) is 10.8. The number of thioether (sulfide) groups is 1. The van der Waals surface area contributed by atoms with E-state index >= 15 is 0 Å². The van der Waals surface area contributed by atoms with Gasteiger partial charge in [-0.05, 0) is 106 Å². The van der Waals surface area contributed by atoms with E-state index in [1.807, 2.05) is 0 Å². The van der Waals surface area contributed by atoms with Crippen molar-refractivity contribution in [2.24, 2.45) is 5.92 Å². The largest absolute Gasteiger partial charge is 0.337 e. The lowest BCUT2D eigenvalue weighted by Crippen LogP contribution is -2.39. The Hall–Kier alpha value is -6.29. The minimum absolute atomic E-state index is 0.0126. The van der Waals surface area contributed by atoms with Gasteiger partial charge in [-0.2, -0.15) is 0 Å². The van der Waals surface area contributed by atoms with Crippen molar-refractivity contribution < 1.29 is 0 Å². The van der Waals surface area contributed by atoms with Crippen molar-refractivity contribution in [1.29, 1.82) is 0 Å². The maximum absolute atomic E-state index is 2.67. The summed E-state index contributed by atoms with van der Waals surface area (Å²) >= 11 is 2.09. The summed E-state index contributed by atoms with van der Waals surface area (Å²) in [7, 11) is 0. The Balaban J connectivity index is 0.926. The van der Waals surface area contributed by atoms with Gasteiger partial charge in [-0.15, -0.1) is 11.8 Å². The van der Waals surface area contributed by atoms with Gasteiger partial charge < -0.3 is 9.47 Å². The molecule has 5 aliphatic rings. The van der Waals surface area contributed by atoms with Gasteiger partial charge >= 0.3 is 0 Å².